The Kier molecular flexibility index (Phi) is 4.88. The maximum atomic E-state index is 5.83. The van der Waals surface area contributed by atoms with Crippen LogP contribution in [0.4, 0.5) is 11.4 Å². The highest BCUT2D eigenvalue weighted by atomic mass is 16.5. The first kappa shape index (κ1) is 18.7. The van der Waals surface area contributed by atoms with Crippen LogP contribution in [0, 0.1) is 0 Å². The molecule has 5 rings (SSSR count). The van der Waals surface area contributed by atoms with Gasteiger partial charge in [-0.05, 0) is 36.8 Å². The van der Waals surface area contributed by atoms with E-state index in [2.05, 4.69) is 56.4 Å². The van der Waals surface area contributed by atoms with E-state index in [1.54, 1.807) is 7.11 Å². The molecule has 0 bridgehead atoms. The van der Waals surface area contributed by atoms with Gasteiger partial charge in [0.15, 0.2) is 0 Å². The molecule has 1 aromatic carbocycles. The molecule has 154 valence electrons. The zero-order chi connectivity index (χ0) is 20.5. The Morgan fingerprint density at radius 2 is 2.00 bits per heavy atom. The topological polar surface area (TPSA) is 57.4 Å². The molecule has 1 atom stereocenters. The number of piperazine rings is 1. The van der Waals surface area contributed by atoms with E-state index in [9.17, 15) is 0 Å². The van der Waals surface area contributed by atoms with Crippen LogP contribution in [-0.2, 0) is 0 Å². The summed E-state index contributed by atoms with van der Waals surface area (Å²) in [5.74, 6) is 0.841. The molecule has 0 radical (unpaired) electrons. The Labute approximate surface area is 176 Å². The summed E-state index contributed by atoms with van der Waals surface area (Å²) in [6, 6.07) is 12.6. The van der Waals surface area contributed by atoms with Gasteiger partial charge in [-0.1, -0.05) is 6.07 Å². The van der Waals surface area contributed by atoms with Gasteiger partial charge in [-0.3, -0.25) is 0 Å². The predicted molar refractivity (Wildman–Crippen MR) is 121 cm³/mol. The van der Waals surface area contributed by atoms with Crippen LogP contribution in [0.5, 0.6) is 5.75 Å². The van der Waals surface area contributed by atoms with Crippen molar-refractivity contribution in [2.75, 3.05) is 43.1 Å². The van der Waals surface area contributed by atoms with Crippen molar-refractivity contribution in [1.82, 2.24) is 14.9 Å². The molecule has 0 saturated carbocycles. The molecule has 1 saturated heterocycles. The van der Waals surface area contributed by atoms with Gasteiger partial charge in [-0.25, -0.2) is 9.51 Å². The fourth-order valence-corrected chi connectivity index (χ4v) is 4.34. The fourth-order valence-electron chi connectivity index (χ4n) is 4.34. The number of anilines is 2. The quantitative estimate of drug-likeness (QED) is 0.726. The second kappa shape index (κ2) is 7.84. The van der Waals surface area contributed by atoms with Crippen molar-refractivity contribution in [2.24, 2.45) is 4.99 Å². The van der Waals surface area contributed by atoms with E-state index in [0.717, 1.165) is 54.3 Å². The number of nitrogens with zero attached hydrogens (tertiary/aromatic N) is 5. The van der Waals surface area contributed by atoms with Crippen molar-refractivity contribution in [3.8, 4) is 5.75 Å². The second-order valence-electron chi connectivity index (χ2n) is 7.67. The number of ether oxygens (including phenoxy) is 1. The highest BCUT2D eigenvalue weighted by molar-refractivity contribution is 5.87. The van der Waals surface area contributed by atoms with E-state index >= 15 is 0 Å². The lowest BCUT2D eigenvalue weighted by Crippen LogP contribution is -2.43. The summed E-state index contributed by atoms with van der Waals surface area (Å²) in [4.78, 5) is 9.05. The first-order valence-electron chi connectivity index (χ1n) is 10.3. The number of nitrogens with one attached hydrogen (secondary N) is 1. The number of hydrogen-bond acceptors (Lipinski definition) is 6. The van der Waals surface area contributed by atoms with Crippen molar-refractivity contribution in [3.63, 3.8) is 0 Å². The number of aliphatic imine (C=N–C) groups is 1. The van der Waals surface area contributed by atoms with Gasteiger partial charge >= 0.3 is 0 Å². The predicted octanol–water partition coefficient (Wildman–Crippen LogP) is 3.25. The van der Waals surface area contributed by atoms with Crippen LogP contribution in [0.1, 0.15) is 18.5 Å². The zero-order valence-corrected chi connectivity index (χ0v) is 17.3. The van der Waals surface area contributed by atoms with E-state index < -0.39 is 0 Å². The van der Waals surface area contributed by atoms with Crippen LogP contribution in [0.3, 0.4) is 0 Å². The lowest BCUT2D eigenvalue weighted by molar-refractivity contribution is 0.415. The highest BCUT2D eigenvalue weighted by Gasteiger charge is 2.29. The number of rotatable bonds is 4. The van der Waals surface area contributed by atoms with Gasteiger partial charge in [0.2, 0.25) is 0 Å². The number of aromatic nitrogens is 2. The smallest absolute Gasteiger partial charge is 0.144 e. The van der Waals surface area contributed by atoms with Crippen molar-refractivity contribution < 1.29 is 4.74 Å². The maximum absolute atomic E-state index is 5.83. The normalized spacial score (nSPS) is 19.3. The molecule has 4 heterocycles. The minimum absolute atomic E-state index is 0.00124. The van der Waals surface area contributed by atoms with E-state index in [1.807, 2.05) is 41.6 Å². The van der Waals surface area contributed by atoms with Crippen LogP contribution in [0.2, 0.25) is 0 Å². The number of methoxy groups -OCH3 is 1. The Morgan fingerprint density at radius 1 is 1.13 bits per heavy atom. The molecule has 30 heavy (non-hydrogen) atoms. The first-order chi connectivity index (χ1) is 14.8. The SMILES string of the molecule is COc1cc(N2CCNCC2)ccc1N1C=NC=C(C)C1c1cnn2ccccc12. The largest absolute Gasteiger partial charge is 0.494 e. The minimum atomic E-state index is 0.00124. The fraction of sp³-hybridized carbons (Fsp3) is 0.304. The molecule has 7 heteroatoms. The third-order valence-corrected chi connectivity index (χ3v) is 5.85. The third-order valence-electron chi connectivity index (χ3n) is 5.85. The van der Waals surface area contributed by atoms with Crippen molar-refractivity contribution in [3.05, 3.63) is 66.1 Å². The Balaban J connectivity index is 1.56. The van der Waals surface area contributed by atoms with Gasteiger partial charge in [0.05, 0.1) is 36.9 Å². The molecule has 0 aliphatic carbocycles. The lowest BCUT2D eigenvalue weighted by atomic mass is 9.98. The molecule has 1 fully saturated rings. The third kappa shape index (κ3) is 3.21. The van der Waals surface area contributed by atoms with E-state index in [-0.39, 0.29) is 6.04 Å². The summed E-state index contributed by atoms with van der Waals surface area (Å²) < 4.78 is 7.75. The molecular weight excluding hydrogens is 376 g/mol. The zero-order valence-electron chi connectivity index (χ0n) is 17.3. The van der Waals surface area contributed by atoms with Gasteiger partial charge in [0, 0.05) is 55.9 Å². The number of fused-ring (bicyclic) bond motifs is 1. The summed E-state index contributed by atoms with van der Waals surface area (Å²) in [7, 11) is 1.73. The number of pyridine rings is 1. The average molecular weight is 403 g/mol. The Morgan fingerprint density at radius 3 is 2.83 bits per heavy atom. The van der Waals surface area contributed by atoms with E-state index in [0.29, 0.717) is 0 Å². The van der Waals surface area contributed by atoms with Crippen LogP contribution < -0.4 is 19.9 Å². The summed E-state index contributed by atoms with van der Waals surface area (Å²) in [6.07, 6.45) is 7.73. The average Bonchev–Trinajstić information content (AvgIpc) is 3.23. The summed E-state index contributed by atoms with van der Waals surface area (Å²) >= 11 is 0. The van der Waals surface area contributed by atoms with Crippen LogP contribution in [0.15, 0.2) is 65.6 Å². The molecule has 2 aromatic heterocycles. The molecule has 0 spiro atoms. The number of benzene rings is 1. The van der Waals surface area contributed by atoms with Crippen LogP contribution in [0.25, 0.3) is 5.52 Å². The second-order valence-corrected chi connectivity index (χ2v) is 7.67. The van der Waals surface area contributed by atoms with Crippen molar-refractivity contribution in [2.45, 2.75) is 13.0 Å². The molecule has 3 aromatic rings. The molecular formula is C23H26N6O. The van der Waals surface area contributed by atoms with Crippen LogP contribution in [-0.4, -0.2) is 49.2 Å². The molecule has 2 aliphatic heterocycles. The maximum Gasteiger partial charge on any atom is 0.144 e. The first-order valence-corrected chi connectivity index (χ1v) is 10.3. The standard InChI is InChI=1S/C23H26N6O/c1-17-14-25-16-28(23(17)19-15-26-29-10-4-3-5-20(19)29)21-7-6-18(13-22(21)30-2)27-11-8-24-9-12-27/h3-7,10,13-16,23-24H,8-9,11-12H2,1-2H3. The van der Waals surface area contributed by atoms with Gasteiger partial charge in [0.25, 0.3) is 0 Å². The van der Waals surface area contributed by atoms with Gasteiger partial charge in [-0.2, -0.15) is 5.10 Å². The monoisotopic (exact) mass is 402 g/mol. The molecule has 2 aliphatic rings. The Hall–Kier alpha value is -3.32. The highest BCUT2D eigenvalue weighted by Crippen LogP contribution is 2.41. The molecule has 1 N–H and O–H groups in total. The van der Waals surface area contributed by atoms with Gasteiger partial charge in [0.1, 0.15) is 5.75 Å². The van der Waals surface area contributed by atoms with Crippen LogP contribution >= 0.6 is 0 Å². The summed E-state index contributed by atoms with van der Waals surface area (Å²) in [6.45, 7) is 6.12. The van der Waals surface area contributed by atoms with Crippen molar-refractivity contribution >= 4 is 23.2 Å². The molecule has 0 amide bonds. The lowest BCUT2D eigenvalue weighted by Gasteiger charge is -2.34. The summed E-state index contributed by atoms with van der Waals surface area (Å²) in [5.41, 5.74) is 5.57. The minimum Gasteiger partial charge on any atom is -0.494 e. The van der Waals surface area contributed by atoms with Gasteiger partial charge < -0.3 is 19.9 Å². The van der Waals surface area contributed by atoms with Crippen molar-refractivity contribution in [1.29, 1.82) is 0 Å². The number of hydrogen-bond donors (Lipinski definition) is 1. The molecule has 7 nitrogen and oxygen atoms in total. The van der Waals surface area contributed by atoms with E-state index in [4.69, 9.17) is 4.74 Å². The summed E-state index contributed by atoms with van der Waals surface area (Å²) in [5, 5.41) is 7.95. The molecule has 1 unspecified atom stereocenters. The Bertz CT molecular complexity index is 1110. The van der Waals surface area contributed by atoms with E-state index in [1.165, 1.54) is 5.69 Å². The van der Waals surface area contributed by atoms with Gasteiger partial charge in [-0.15, -0.1) is 0 Å².